The van der Waals surface area contributed by atoms with Gasteiger partial charge >= 0.3 is 6.09 Å². The van der Waals surface area contributed by atoms with Crippen molar-refractivity contribution in [3.05, 3.63) is 22.2 Å². The fourth-order valence-corrected chi connectivity index (χ4v) is 10.4. The number of hydrogen-bond donors (Lipinski definition) is 2. The number of pyridine rings is 1. The van der Waals surface area contributed by atoms with Crippen LogP contribution < -0.4 is 10.5 Å². The molecule has 0 saturated carbocycles. The minimum Gasteiger partial charge on any atom is -0.444 e. The van der Waals surface area contributed by atoms with E-state index in [1.807, 2.05) is 19.9 Å². The number of amidine groups is 1. The molecule has 0 fully saturated rings. The summed E-state index contributed by atoms with van der Waals surface area (Å²) in [6.07, 6.45) is -0.0904. The molecule has 1 aromatic rings. The number of rotatable bonds is 8. The second-order valence-corrected chi connectivity index (χ2v) is 18.3. The molecule has 1 aromatic heterocycles. The Balaban J connectivity index is 2.79. The topological polar surface area (TPSA) is 96.2 Å². The van der Waals surface area contributed by atoms with Crippen LogP contribution in [0.25, 0.3) is 0 Å². The van der Waals surface area contributed by atoms with E-state index in [0.717, 1.165) is 23.3 Å². The molecule has 1 unspecified atom stereocenters. The highest BCUT2D eigenvalue weighted by Crippen LogP contribution is 2.39. The molecule has 0 bridgehead atoms. The van der Waals surface area contributed by atoms with E-state index in [9.17, 15) is 9.35 Å². The van der Waals surface area contributed by atoms with Crippen molar-refractivity contribution in [2.24, 2.45) is 15.3 Å². The van der Waals surface area contributed by atoms with E-state index >= 15 is 4.39 Å². The smallest absolute Gasteiger partial charge is 0.413 e. The Bertz CT molecular complexity index is 1020. The second kappa shape index (κ2) is 12.1. The quantitative estimate of drug-likeness (QED) is 0.152. The average Bonchev–Trinajstić information content (AvgIpc) is 3.22. The van der Waals surface area contributed by atoms with E-state index < -0.39 is 41.5 Å². The number of nitrogens with zero attached hydrogens (tertiary/aromatic N) is 3. The SMILES string of the molecule is CC[Si](CC)(CC)c1cc(Br)nc([C@@](C)(/N=C(/NC(=O)OC(C)(C)C)C(C)C)[C@H]2CCN=S2O)c1F. The summed E-state index contributed by atoms with van der Waals surface area (Å²) in [4.78, 5) is 22.2. The molecule has 2 rings (SSSR count). The average molecular weight is 606 g/mol. The van der Waals surface area contributed by atoms with Crippen LogP contribution in [0.4, 0.5) is 9.18 Å². The number of aromatic nitrogens is 1. The van der Waals surface area contributed by atoms with Crippen LogP contribution in [0.5, 0.6) is 0 Å². The first-order valence-electron chi connectivity index (χ1n) is 12.7. The Hall–Kier alpha value is -1.17. The number of hydrogen-bond acceptors (Lipinski definition) is 5. The molecule has 7 nitrogen and oxygen atoms in total. The highest BCUT2D eigenvalue weighted by molar-refractivity contribution is 9.10. The standard InChI is InChI=1S/C25H42BrFN4O3SSi/c1-10-36(11-2,12-3)17-15-19(26)29-21(20(17)27)25(9,18-13-14-28-35(18)33)31-22(16(4)5)30-23(32)34-24(6,7)8/h15-16,18H,10-14H2,1-9H3,(H,28,33)(H,30,31,32)/t18-,25+,35?/m1/s1. The Morgan fingerprint density at radius 2 is 1.89 bits per heavy atom. The van der Waals surface area contributed by atoms with E-state index in [4.69, 9.17) is 9.73 Å². The van der Waals surface area contributed by atoms with Gasteiger partial charge in [-0.1, -0.05) is 52.8 Å². The summed E-state index contributed by atoms with van der Waals surface area (Å²) in [5.74, 6) is -0.199. The van der Waals surface area contributed by atoms with Crippen molar-refractivity contribution in [3.8, 4) is 0 Å². The molecule has 11 heteroatoms. The summed E-state index contributed by atoms with van der Waals surface area (Å²) < 4.78 is 37.7. The molecule has 2 N–H and O–H groups in total. The van der Waals surface area contributed by atoms with Gasteiger partial charge in [0.05, 0.1) is 13.3 Å². The number of alkyl carbamates (subject to hydrolysis) is 1. The minimum absolute atomic E-state index is 0.178. The van der Waals surface area contributed by atoms with Crippen molar-refractivity contribution in [2.75, 3.05) is 6.54 Å². The Kier molecular flexibility index (Phi) is 10.5. The van der Waals surface area contributed by atoms with Gasteiger partial charge in [-0.2, -0.15) is 0 Å². The lowest BCUT2D eigenvalue weighted by atomic mass is 9.90. The molecule has 0 aromatic carbocycles. The largest absolute Gasteiger partial charge is 0.444 e. The number of ether oxygens (including phenoxy) is 1. The molecule has 2 heterocycles. The highest BCUT2D eigenvalue weighted by Gasteiger charge is 2.46. The van der Waals surface area contributed by atoms with Crippen molar-refractivity contribution in [1.82, 2.24) is 10.3 Å². The van der Waals surface area contributed by atoms with Crippen molar-refractivity contribution in [1.29, 1.82) is 0 Å². The second-order valence-electron chi connectivity index (χ2n) is 10.8. The third-order valence-electron chi connectivity index (χ3n) is 7.03. The van der Waals surface area contributed by atoms with E-state index in [-0.39, 0.29) is 17.4 Å². The van der Waals surface area contributed by atoms with Crippen LogP contribution in [0.3, 0.4) is 0 Å². The van der Waals surface area contributed by atoms with Crippen LogP contribution in [-0.2, 0) is 21.2 Å². The third-order valence-corrected chi connectivity index (χ3v) is 14.7. The molecule has 0 radical (unpaired) electrons. The summed E-state index contributed by atoms with van der Waals surface area (Å²) >= 11 is 3.53. The van der Waals surface area contributed by atoms with E-state index in [2.05, 4.69) is 51.4 Å². The number of nitrogens with one attached hydrogen (secondary N) is 1. The molecule has 0 saturated heterocycles. The fraction of sp³-hybridized carbons (Fsp3) is 0.720. The molecule has 1 aliphatic rings. The van der Waals surface area contributed by atoms with Crippen LogP contribution in [0.1, 0.15) is 74.4 Å². The molecule has 1 aliphatic heterocycles. The van der Waals surface area contributed by atoms with Crippen LogP contribution in [0.15, 0.2) is 20.0 Å². The molecule has 204 valence electrons. The number of halogens is 2. The zero-order valence-electron chi connectivity index (χ0n) is 23.0. The third kappa shape index (κ3) is 6.82. The summed E-state index contributed by atoms with van der Waals surface area (Å²) in [7, 11) is -3.44. The number of carbonyl (C=O) groups is 1. The lowest BCUT2D eigenvalue weighted by molar-refractivity contribution is 0.0560. The van der Waals surface area contributed by atoms with Gasteiger partial charge < -0.3 is 9.29 Å². The van der Waals surface area contributed by atoms with E-state index in [1.54, 1.807) is 27.7 Å². The lowest BCUT2D eigenvalue weighted by Gasteiger charge is -2.35. The van der Waals surface area contributed by atoms with Crippen molar-refractivity contribution >= 4 is 52.1 Å². The first-order chi connectivity index (χ1) is 16.6. The monoisotopic (exact) mass is 604 g/mol. The Morgan fingerprint density at radius 3 is 2.33 bits per heavy atom. The normalized spacial score (nSPS) is 20.8. The van der Waals surface area contributed by atoms with Crippen molar-refractivity contribution in [2.45, 2.75) is 103 Å². The summed E-state index contributed by atoms with van der Waals surface area (Å²) in [6, 6.07) is 4.56. The van der Waals surface area contributed by atoms with Gasteiger partial charge in [-0.3, -0.25) is 10.3 Å². The van der Waals surface area contributed by atoms with Gasteiger partial charge in [0.15, 0.2) is 0 Å². The van der Waals surface area contributed by atoms with Crippen molar-refractivity contribution < 1.29 is 18.5 Å². The number of carbonyl (C=O) groups excluding carboxylic acids is 1. The maximum Gasteiger partial charge on any atom is 0.413 e. The summed E-state index contributed by atoms with van der Waals surface area (Å²) in [5, 5.41) is 3.03. The molecule has 1 amide bonds. The molecular formula is C25H42BrFN4O3SSi. The Labute approximate surface area is 227 Å². The molecule has 3 atom stereocenters. The van der Waals surface area contributed by atoms with Gasteiger partial charge in [0, 0.05) is 23.4 Å². The van der Waals surface area contributed by atoms with Crippen molar-refractivity contribution in [3.63, 3.8) is 0 Å². The maximum absolute atomic E-state index is 16.6. The minimum atomic E-state index is -2.12. The predicted octanol–water partition coefficient (Wildman–Crippen LogP) is 6.54. The number of amides is 1. The first-order valence-corrected chi connectivity index (χ1v) is 17.3. The zero-order valence-corrected chi connectivity index (χ0v) is 26.4. The van der Waals surface area contributed by atoms with Gasteiger partial charge in [0.2, 0.25) is 0 Å². The molecule has 36 heavy (non-hydrogen) atoms. The Morgan fingerprint density at radius 1 is 1.31 bits per heavy atom. The van der Waals surface area contributed by atoms with E-state index in [0.29, 0.717) is 23.4 Å². The van der Waals surface area contributed by atoms with Crippen LogP contribution in [0, 0.1) is 11.7 Å². The van der Waals surface area contributed by atoms with Gasteiger partial charge in [-0.25, -0.2) is 18.5 Å². The van der Waals surface area contributed by atoms with Crippen LogP contribution >= 0.6 is 15.9 Å². The maximum atomic E-state index is 16.6. The van der Waals surface area contributed by atoms with Gasteiger partial charge in [0.1, 0.15) is 33.1 Å². The fourth-order valence-electron chi connectivity index (χ4n) is 4.72. The molecule has 0 aliphatic carbocycles. The van der Waals surface area contributed by atoms with Crippen LogP contribution in [0.2, 0.25) is 18.1 Å². The van der Waals surface area contributed by atoms with E-state index in [1.165, 1.54) is 0 Å². The zero-order chi connectivity index (χ0) is 27.5. The number of aliphatic imine (C=N–C) groups is 1. The molecular weight excluding hydrogens is 563 g/mol. The summed E-state index contributed by atoms with van der Waals surface area (Å²) in [5.41, 5.74) is -1.76. The van der Waals surface area contributed by atoms with Gasteiger partial charge in [-0.05, 0) is 61.3 Å². The van der Waals surface area contributed by atoms with Crippen LogP contribution in [-0.4, -0.2) is 46.9 Å². The molecule has 0 spiro atoms. The van der Waals surface area contributed by atoms with Gasteiger partial charge in [-0.15, -0.1) is 0 Å². The first kappa shape index (κ1) is 31.0. The summed E-state index contributed by atoms with van der Waals surface area (Å²) in [6.45, 7) is 17.8. The predicted molar refractivity (Wildman–Crippen MR) is 153 cm³/mol. The highest BCUT2D eigenvalue weighted by atomic mass is 79.9. The van der Waals surface area contributed by atoms with Gasteiger partial charge in [0.25, 0.3) is 0 Å². The lowest BCUT2D eigenvalue weighted by Crippen LogP contribution is -2.50.